The third-order valence-electron chi connectivity index (χ3n) is 3.99. The van der Waals surface area contributed by atoms with E-state index in [0.717, 1.165) is 16.9 Å². The number of alkyl halides is 3. The number of carbonyl (C=O) groups is 1. The number of aryl methyl sites for hydroxylation is 2. The highest BCUT2D eigenvalue weighted by Gasteiger charge is 2.43. The lowest BCUT2D eigenvalue weighted by molar-refractivity contribution is -0.183. The Kier molecular flexibility index (Phi) is 7.98. The molecule has 0 bridgehead atoms. The van der Waals surface area contributed by atoms with Crippen molar-refractivity contribution in [2.24, 2.45) is 0 Å². The van der Waals surface area contributed by atoms with Crippen LogP contribution in [0.3, 0.4) is 0 Å². The Bertz CT molecular complexity index is 545. The van der Waals surface area contributed by atoms with E-state index in [1.807, 2.05) is 13.8 Å². The zero-order valence-electron chi connectivity index (χ0n) is 13.7. The van der Waals surface area contributed by atoms with Gasteiger partial charge in [0.15, 0.2) is 0 Å². The van der Waals surface area contributed by atoms with Crippen molar-refractivity contribution in [2.75, 3.05) is 32.7 Å². The summed E-state index contributed by atoms with van der Waals surface area (Å²) in [4.78, 5) is 15.1. The van der Waals surface area contributed by atoms with Crippen LogP contribution >= 0.6 is 23.7 Å². The average Bonchev–Trinajstić information content (AvgIpc) is 2.88. The molecule has 1 saturated heterocycles. The molecule has 2 rings (SSSR count). The van der Waals surface area contributed by atoms with E-state index in [9.17, 15) is 18.0 Å². The number of thiophene rings is 1. The van der Waals surface area contributed by atoms with Crippen LogP contribution in [0.15, 0.2) is 6.07 Å². The first-order valence-corrected chi connectivity index (χ1v) is 8.53. The fourth-order valence-corrected chi connectivity index (χ4v) is 3.74. The van der Waals surface area contributed by atoms with Gasteiger partial charge in [-0.2, -0.15) is 13.2 Å². The quantitative estimate of drug-likeness (QED) is 0.819. The number of amides is 1. The maximum atomic E-state index is 13.3. The van der Waals surface area contributed by atoms with E-state index in [4.69, 9.17) is 0 Å². The van der Waals surface area contributed by atoms with Crippen molar-refractivity contribution in [3.8, 4) is 0 Å². The van der Waals surface area contributed by atoms with Crippen LogP contribution in [0.2, 0.25) is 0 Å². The van der Waals surface area contributed by atoms with Crippen LogP contribution in [0.1, 0.15) is 27.0 Å². The van der Waals surface area contributed by atoms with Crippen molar-refractivity contribution in [3.63, 3.8) is 0 Å². The molecule has 0 aliphatic carbocycles. The molecule has 1 aliphatic heterocycles. The van der Waals surface area contributed by atoms with Gasteiger partial charge in [0.2, 0.25) is 0 Å². The molecule has 1 unspecified atom stereocenters. The summed E-state index contributed by atoms with van der Waals surface area (Å²) in [5.74, 6) is -0.429. The zero-order chi connectivity index (χ0) is 17.0. The summed E-state index contributed by atoms with van der Waals surface area (Å²) >= 11 is 1.35. The Morgan fingerprint density at radius 2 is 2.04 bits per heavy atom. The summed E-state index contributed by atoms with van der Waals surface area (Å²) in [7, 11) is 0. The van der Waals surface area contributed by atoms with Gasteiger partial charge in [-0.1, -0.05) is 6.92 Å². The van der Waals surface area contributed by atoms with E-state index in [1.54, 1.807) is 6.07 Å². The van der Waals surface area contributed by atoms with Crippen molar-refractivity contribution < 1.29 is 18.0 Å². The Labute approximate surface area is 150 Å². The normalized spacial score (nSPS) is 17.2. The molecular formula is C15H23ClF3N3OS. The van der Waals surface area contributed by atoms with E-state index in [1.165, 1.54) is 16.2 Å². The molecule has 0 aromatic carbocycles. The molecule has 0 saturated carbocycles. The lowest BCUT2D eigenvalue weighted by Crippen LogP contribution is -2.57. The van der Waals surface area contributed by atoms with Crippen LogP contribution in [0.5, 0.6) is 0 Å². The van der Waals surface area contributed by atoms with Crippen molar-refractivity contribution in [1.29, 1.82) is 0 Å². The van der Waals surface area contributed by atoms with Gasteiger partial charge in [0.25, 0.3) is 5.91 Å². The Morgan fingerprint density at radius 3 is 2.54 bits per heavy atom. The topological polar surface area (TPSA) is 44.4 Å². The number of carbonyl (C=O) groups excluding carboxylic acids is 1. The molecule has 24 heavy (non-hydrogen) atoms. The third-order valence-corrected chi connectivity index (χ3v) is 5.37. The van der Waals surface area contributed by atoms with Crippen molar-refractivity contribution >= 4 is 29.7 Å². The summed E-state index contributed by atoms with van der Waals surface area (Å²) in [6.45, 7) is 5.21. The standard InChI is InChI=1S/C15H22F3N3OS.ClH/c1-3-11-10(2)8-12(23-11)14(22)20-9-13(15(16,17)18)21-6-4-19-5-7-21;/h8,13,19H,3-7,9H2,1-2H3,(H,20,22);1H. The molecule has 1 amide bonds. The average molecular weight is 386 g/mol. The minimum absolute atomic E-state index is 0. The lowest BCUT2D eigenvalue weighted by atomic mass is 10.2. The molecule has 1 aromatic heterocycles. The Hall–Kier alpha value is -0.830. The summed E-state index contributed by atoms with van der Waals surface area (Å²) in [5, 5.41) is 5.49. The van der Waals surface area contributed by atoms with Crippen LogP contribution in [0.4, 0.5) is 13.2 Å². The predicted octanol–water partition coefficient (Wildman–Crippen LogP) is 2.61. The molecule has 4 nitrogen and oxygen atoms in total. The fraction of sp³-hybridized carbons (Fsp3) is 0.667. The first-order chi connectivity index (χ1) is 10.8. The number of piperazine rings is 1. The largest absolute Gasteiger partial charge is 0.405 e. The summed E-state index contributed by atoms with van der Waals surface area (Å²) < 4.78 is 39.8. The van der Waals surface area contributed by atoms with Crippen LogP contribution in [-0.2, 0) is 6.42 Å². The van der Waals surface area contributed by atoms with Crippen molar-refractivity contribution in [1.82, 2.24) is 15.5 Å². The Morgan fingerprint density at radius 1 is 1.42 bits per heavy atom. The first kappa shape index (κ1) is 21.2. The number of rotatable bonds is 5. The predicted molar refractivity (Wildman–Crippen MR) is 92.3 cm³/mol. The molecule has 9 heteroatoms. The molecule has 0 spiro atoms. The number of hydrogen-bond donors (Lipinski definition) is 2. The molecule has 138 valence electrons. The molecular weight excluding hydrogens is 363 g/mol. The van der Waals surface area contributed by atoms with Crippen molar-refractivity contribution in [2.45, 2.75) is 32.5 Å². The third kappa shape index (κ3) is 5.34. The molecule has 2 N–H and O–H groups in total. The van der Waals surface area contributed by atoms with E-state index in [2.05, 4.69) is 10.6 Å². The SMILES string of the molecule is CCc1sc(C(=O)NCC(N2CCNCC2)C(F)(F)F)cc1C.Cl. The Balaban J connectivity index is 0.00000288. The molecule has 1 atom stereocenters. The molecule has 1 aromatic rings. The molecule has 0 radical (unpaired) electrons. The lowest BCUT2D eigenvalue weighted by Gasteiger charge is -2.35. The maximum absolute atomic E-state index is 13.3. The molecule has 2 heterocycles. The number of hydrogen-bond acceptors (Lipinski definition) is 4. The highest BCUT2D eigenvalue weighted by atomic mass is 35.5. The molecule has 1 fully saturated rings. The van der Waals surface area contributed by atoms with Gasteiger partial charge in [0.1, 0.15) is 6.04 Å². The van der Waals surface area contributed by atoms with Crippen LogP contribution in [0.25, 0.3) is 0 Å². The summed E-state index contributed by atoms with van der Waals surface area (Å²) in [6, 6.07) is 0.104. The number of halogens is 4. The highest BCUT2D eigenvalue weighted by Crippen LogP contribution is 2.26. The fourth-order valence-electron chi connectivity index (χ4n) is 2.70. The minimum atomic E-state index is -4.36. The minimum Gasteiger partial charge on any atom is -0.349 e. The van der Waals surface area contributed by atoms with Crippen LogP contribution < -0.4 is 10.6 Å². The first-order valence-electron chi connectivity index (χ1n) is 7.72. The highest BCUT2D eigenvalue weighted by molar-refractivity contribution is 7.14. The van der Waals surface area contributed by atoms with Crippen molar-refractivity contribution in [3.05, 3.63) is 21.4 Å². The second-order valence-electron chi connectivity index (χ2n) is 5.62. The summed E-state index contributed by atoms with van der Waals surface area (Å²) in [6.07, 6.45) is -3.54. The number of nitrogens with zero attached hydrogens (tertiary/aromatic N) is 1. The van der Waals surface area contributed by atoms with Crippen LogP contribution in [0, 0.1) is 6.92 Å². The number of nitrogens with one attached hydrogen (secondary N) is 2. The second-order valence-corrected chi connectivity index (χ2v) is 6.76. The van der Waals surface area contributed by atoms with Gasteiger partial charge in [-0.25, -0.2) is 0 Å². The molecule has 1 aliphatic rings. The monoisotopic (exact) mass is 385 g/mol. The van der Waals surface area contributed by atoms with Gasteiger partial charge < -0.3 is 10.6 Å². The van der Waals surface area contributed by atoms with Gasteiger partial charge in [0, 0.05) is 37.6 Å². The zero-order valence-corrected chi connectivity index (χ0v) is 15.3. The van der Waals surface area contributed by atoms with Gasteiger partial charge in [-0.15, -0.1) is 23.7 Å². The maximum Gasteiger partial charge on any atom is 0.405 e. The van der Waals surface area contributed by atoms with Gasteiger partial charge >= 0.3 is 6.18 Å². The smallest absolute Gasteiger partial charge is 0.349 e. The van der Waals surface area contributed by atoms with E-state index >= 15 is 0 Å². The van der Waals surface area contributed by atoms with Crippen LogP contribution in [-0.4, -0.2) is 55.7 Å². The van der Waals surface area contributed by atoms with E-state index in [0.29, 0.717) is 31.1 Å². The van der Waals surface area contributed by atoms with Gasteiger partial charge in [-0.05, 0) is 25.0 Å². The second kappa shape index (κ2) is 9.03. The van der Waals surface area contributed by atoms with E-state index in [-0.39, 0.29) is 12.4 Å². The van der Waals surface area contributed by atoms with Gasteiger partial charge in [-0.3, -0.25) is 9.69 Å². The summed E-state index contributed by atoms with van der Waals surface area (Å²) in [5.41, 5.74) is 1.01. The van der Waals surface area contributed by atoms with Gasteiger partial charge in [0.05, 0.1) is 4.88 Å². The van der Waals surface area contributed by atoms with E-state index < -0.39 is 24.7 Å².